The van der Waals surface area contributed by atoms with Crippen molar-refractivity contribution < 1.29 is 4.79 Å². The highest BCUT2D eigenvalue weighted by Gasteiger charge is 2.07. The zero-order valence-electron chi connectivity index (χ0n) is 11.2. The second-order valence-corrected chi connectivity index (χ2v) is 4.53. The average molecular weight is 234 g/mol. The molecule has 1 aromatic carbocycles. The molecule has 0 aliphatic carbocycles. The molecule has 0 saturated carbocycles. The fourth-order valence-corrected chi connectivity index (χ4v) is 1.77. The fourth-order valence-electron chi connectivity index (χ4n) is 1.77. The highest BCUT2D eigenvalue weighted by molar-refractivity contribution is 5.77. The van der Waals surface area contributed by atoms with Gasteiger partial charge in [0.05, 0.1) is 6.54 Å². The van der Waals surface area contributed by atoms with Gasteiger partial charge in [0.15, 0.2) is 0 Å². The topological polar surface area (TPSA) is 32.3 Å². The number of aryl methyl sites for hydroxylation is 2. The van der Waals surface area contributed by atoms with Gasteiger partial charge in [-0.1, -0.05) is 23.8 Å². The minimum atomic E-state index is 0.137. The van der Waals surface area contributed by atoms with E-state index in [1.807, 2.05) is 7.05 Å². The maximum atomic E-state index is 11.6. The summed E-state index contributed by atoms with van der Waals surface area (Å²) in [6, 6.07) is 6.46. The van der Waals surface area contributed by atoms with Crippen molar-refractivity contribution in [2.45, 2.75) is 20.3 Å². The van der Waals surface area contributed by atoms with Crippen LogP contribution in [0.5, 0.6) is 0 Å². The number of rotatable bonds is 5. The van der Waals surface area contributed by atoms with Crippen molar-refractivity contribution in [3.8, 4) is 0 Å². The molecular formula is C14H22N2O. The predicted octanol–water partition coefficient (Wildman–Crippen LogP) is 1.52. The SMILES string of the molecule is CNCC(=O)N(C)CCc1cc(C)ccc1C. The van der Waals surface area contributed by atoms with Gasteiger partial charge in [0.25, 0.3) is 0 Å². The Hall–Kier alpha value is -1.35. The number of nitrogens with one attached hydrogen (secondary N) is 1. The third kappa shape index (κ3) is 4.19. The molecule has 0 heterocycles. The highest BCUT2D eigenvalue weighted by Crippen LogP contribution is 2.11. The van der Waals surface area contributed by atoms with Gasteiger partial charge in [-0.05, 0) is 38.4 Å². The molecule has 1 rings (SSSR count). The lowest BCUT2D eigenvalue weighted by Crippen LogP contribution is -2.35. The summed E-state index contributed by atoms with van der Waals surface area (Å²) in [5.74, 6) is 0.137. The Kier molecular flexibility index (Phi) is 5.16. The van der Waals surface area contributed by atoms with Gasteiger partial charge in [-0.15, -0.1) is 0 Å². The van der Waals surface area contributed by atoms with Crippen LogP contribution in [0.2, 0.25) is 0 Å². The van der Waals surface area contributed by atoms with Crippen molar-refractivity contribution in [3.05, 3.63) is 34.9 Å². The molecule has 0 atom stereocenters. The maximum absolute atomic E-state index is 11.6. The normalized spacial score (nSPS) is 10.4. The van der Waals surface area contributed by atoms with Crippen molar-refractivity contribution >= 4 is 5.91 Å². The monoisotopic (exact) mass is 234 g/mol. The zero-order chi connectivity index (χ0) is 12.8. The first kappa shape index (κ1) is 13.7. The van der Waals surface area contributed by atoms with Crippen LogP contribution in [0.4, 0.5) is 0 Å². The Bertz CT molecular complexity index is 388. The van der Waals surface area contributed by atoms with Crippen molar-refractivity contribution in [3.63, 3.8) is 0 Å². The molecule has 1 amide bonds. The number of amides is 1. The molecule has 0 bridgehead atoms. The van der Waals surface area contributed by atoms with Crippen LogP contribution in [0, 0.1) is 13.8 Å². The molecular weight excluding hydrogens is 212 g/mol. The van der Waals surface area contributed by atoms with E-state index in [0.717, 1.165) is 13.0 Å². The van der Waals surface area contributed by atoms with E-state index in [4.69, 9.17) is 0 Å². The molecule has 0 aromatic heterocycles. The smallest absolute Gasteiger partial charge is 0.236 e. The third-order valence-electron chi connectivity index (χ3n) is 2.97. The first-order chi connectivity index (χ1) is 8.04. The highest BCUT2D eigenvalue weighted by atomic mass is 16.2. The Morgan fingerprint density at radius 2 is 2.06 bits per heavy atom. The number of carbonyl (C=O) groups excluding carboxylic acids is 1. The summed E-state index contributed by atoms with van der Waals surface area (Å²) in [5.41, 5.74) is 3.90. The van der Waals surface area contributed by atoms with E-state index in [1.165, 1.54) is 16.7 Å². The molecule has 0 unspecified atom stereocenters. The molecule has 0 saturated heterocycles. The summed E-state index contributed by atoms with van der Waals surface area (Å²) < 4.78 is 0. The van der Waals surface area contributed by atoms with Crippen molar-refractivity contribution in [1.82, 2.24) is 10.2 Å². The molecule has 0 radical (unpaired) electrons. The number of likely N-dealkylation sites (N-methyl/N-ethyl adjacent to an activating group) is 2. The molecule has 0 spiro atoms. The Morgan fingerprint density at radius 3 is 2.71 bits per heavy atom. The molecule has 1 N–H and O–H groups in total. The Balaban J connectivity index is 2.55. The minimum absolute atomic E-state index is 0.137. The fraction of sp³-hybridized carbons (Fsp3) is 0.500. The number of hydrogen-bond donors (Lipinski definition) is 1. The molecule has 3 heteroatoms. The van der Waals surface area contributed by atoms with Crippen molar-refractivity contribution in [1.29, 1.82) is 0 Å². The van der Waals surface area contributed by atoms with Crippen molar-refractivity contribution in [2.75, 3.05) is 27.2 Å². The van der Waals surface area contributed by atoms with Crippen LogP contribution >= 0.6 is 0 Å². The molecule has 0 aliphatic rings. The molecule has 17 heavy (non-hydrogen) atoms. The van der Waals surface area contributed by atoms with Crippen molar-refractivity contribution in [2.24, 2.45) is 0 Å². The molecule has 0 fully saturated rings. The molecule has 3 nitrogen and oxygen atoms in total. The first-order valence-electron chi connectivity index (χ1n) is 5.99. The Labute approximate surface area is 104 Å². The van der Waals surface area contributed by atoms with E-state index >= 15 is 0 Å². The van der Waals surface area contributed by atoms with E-state index in [9.17, 15) is 4.79 Å². The standard InChI is InChI=1S/C14H22N2O/c1-11-5-6-12(2)13(9-11)7-8-16(4)14(17)10-15-3/h5-6,9,15H,7-8,10H2,1-4H3. The largest absolute Gasteiger partial charge is 0.344 e. The number of nitrogens with zero attached hydrogens (tertiary/aromatic N) is 1. The van der Waals surface area contributed by atoms with Gasteiger partial charge in [-0.3, -0.25) is 4.79 Å². The predicted molar refractivity (Wildman–Crippen MR) is 71.2 cm³/mol. The Morgan fingerprint density at radius 1 is 1.35 bits per heavy atom. The van der Waals surface area contributed by atoms with E-state index in [-0.39, 0.29) is 5.91 Å². The number of benzene rings is 1. The van der Waals surface area contributed by atoms with Crippen LogP contribution in [0.3, 0.4) is 0 Å². The summed E-state index contributed by atoms with van der Waals surface area (Å²) >= 11 is 0. The quantitative estimate of drug-likeness (QED) is 0.838. The molecule has 1 aromatic rings. The van der Waals surface area contributed by atoms with Crippen LogP contribution in [-0.4, -0.2) is 38.0 Å². The van der Waals surface area contributed by atoms with E-state index in [0.29, 0.717) is 6.54 Å². The number of hydrogen-bond acceptors (Lipinski definition) is 2. The van der Waals surface area contributed by atoms with Gasteiger partial charge in [-0.2, -0.15) is 0 Å². The van der Waals surface area contributed by atoms with Gasteiger partial charge in [0.1, 0.15) is 0 Å². The average Bonchev–Trinajstić information content (AvgIpc) is 2.30. The first-order valence-corrected chi connectivity index (χ1v) is 5.99. The van der Waals surface area contributed by atoms with Gasteiger partial charge < -0.3 is 10.2 Å². The van der Waals surface area contributed by atoms with Crippen LogP contribution in [-0.2, 0) is 11.2 Å². The van der Waals surface area contributed by atoms with E-state index in [2.05, 4.69) is 37.4 Å². The zero-order valence-corrected chi connectivity index (χ0v) is 11.2. The summed E-state index contributed by atoms with van der Waals surface area (Å²) in [6.07, 6.45) is 0.916. The van der Waals surface area contributed by atoms with Crippen LogP contribution in [0.25, 0.3) is 0 Å². The lowest BCUT2D eigenvalue weighted by Gasteiger charge is -2.17. The summed E-state index contributed by atoms with van der Waals surface area (Å²) in [7, 11) is 3.64. The summed E-state index contributed by atoms with van der Waals surface area (Å²) in [4.78, 5) is 13.4. The van der Waals surface area contributed by atoms with Crippen LogP contribution < -0.4 is 5.32 Å². The summed E-state index contributed by atoms with van der Waals surface area (Å²) in [5, 5.41) is 2.88. The van der Waals surface area contributed by atoms with Gasteiger partial charge in [0.2, 0.25) is 5.91 Å². The lowest BCUT2D eigenvalue weighted by atomic mass is 10.0. The summed E-state index contributed by atoms with van der Waals surface area (Å²) in [6.45, 7) is 5.39. The maximum Gasteiger partial charge on any atom is 0.236 e. The van der Waals surface area contributed by atoms with E-state index < -0.39 is 0 Å². The van der Waals surface area contributed by atoms with E-state index in [1.54, 1.807) is 11.9 Å². The van der Waals surface area contributed by atoms with Crippen LogP contribution in [0.15, 0.2) is 18.2 Å². The molecule has 94 valence electrons. The second-order valence-electron chi connectivity index (χ2n) is 4.53. The molecule has 0 aliphatic heterocycles. The van der Waals surface area contributed by atoms with Gasteiger partial charge in [0, 0.05) is 13.6 Å². The lowest BCUT2D eigenvalue weighted by molar-refractivity contribution is -0.128. The van der Waals surface area contributed by atoms with Crippen LogP contribution in [0.1, 0.15) is 16.7 Å². The number of carbonyl (C=O) groups is 1. The second kappa shape index (κ2) is 6.40. The minimum Gasteiger partial charge on any atom is -0.344 e. The van der Waals surface area contributed by atoms with Gasteiger partial charge in [-0.25, -0.2) is 0 Å². The van der Waals surface area contributed by atoms with Gasteiger partial charge >= 0.3 is 0 Å². The third-order valence-corrected chi connectivity index (χ3v) is 2.97.